The standard InChI is InChI=1S/C18H18N4O2/c1-12-3-4-13(16-10-22-7-2-6-19-18(22)21-16)9-15(12)20-17(23)14-5-8-24-11-14/h2-4,6-7,9-10,14H,5,8,11H2,1H3,(H,20,23)/t14-/m0/s1. The van der Waals surface area contributed by atoms with Crippen molar-refractivity contribution in [3.05, 3.63) is 48.4 Å². The minimum atomic E-state index is -0.0625. The Morgan fingerprint density at radius 3 is 3.12 bits per heavy atom. The van der Waals surface area contributed by atoms with Crippen molar-refractivity contribution in [2.75, 3.05) is 18.5 Å². The van der Waals surface area contributed by atoms with Crippen molar-refractivity contribution in [2.24, 2.45) is 5.92 Å². The van der Waals surface area contributed by atoms with Crippen LogP contribution in [0.1, 0.15) is 12.0 Å². The van der Waals surface area contributed by atoms with Crippen LogP contribution in [0.25, 0.3) is 17.0 Å². The minimum absolute atomic E-state index is 0.0180. The second-order valence-electron chi connectivity index (χ2n) is 6.03. The predicted octanol–water partition coefficient (Wildman–Crippen LogP) is 2.68. The number of aryl methyl sites for hydroxylation is 1. The molecule has 0 unspecified atom stereocenters. The zero-order valence-electron chi connectivity index (χ0n) is 13.4. The van der Waals surface area contributed by atoms with Crippen LogP contribution in [0, 0.1) is 12.8 Å². The number of carbonyl (C=O) groups excluding carboxylic acids is 1. The summed E-state index contributed by atoms with van der Waals surface area (Å²) in [5.74, 6) is 0.610. The fourth-order valence-electron chi connectivity index (χ4n) is 2.86. The lowest BCUT2D eigenvalue weighted by Gasteiger charge is -2.12. The molecule has 0 radical (unpaired) electrons. The zero-order valence-corrected chi connectivity index (χ0v) is 13.4. The molecule has 1 N–H and O–H groups in total. The van der Waals surface area contributed by atoms with E-state index in [0.29, 0.717) is 19.0 Å². The molecule has 3 aromatic rings. The highest BCUT2D eigenvalue weighted by Gasteiger charge is 2.24. The summed E-state index contributed by atoms with van der Waals surface area (Å²) in [7, 11) is 0. The van der Waals surface area contributed by atoms with E-state index in [1.54, 1.807) is 6.20 Å². The third kappa shape index (κ3) is 2.76. The summed E-state index contributed by atoms with van der Waals surface area (Å²) in [5.41, 5.74) is 3.61. The summed E-state index contributed by atoms with van der Waals surface area (Å²) in [6, 6.07) is 7.83. The summed E-state index contributed by atoms with van der Waals surface area (Å²) in [4.78, 5) is 21.1. The summed E-state index contributed by atoms with van der Waals surface area (Å²) >= 11 is 0. The Hall–Kier alpha value is -2.73. The zero-order chi connectivity index (χ0) is 16.5. The molecule has 0 bridgehead atoms. The number of carbonyl (C=O) groups is 1. The minimum Gasteiger partial charge on any atom is -0.381 e. The van der Waals surface area contributed by atoms with E-state index < -0.39 is 0 Å². The topological polar surface area (TPSA) is 68.5 Å². The number of aromatic nitrogens is 3. The van der Waals surface area contributed by atoms with Gasteiger partial charge in [0.15, 0.2) is 0 Å². The average molecular weight is 322 g/mol. The molecule has 1 aromatic carbocycles. The van der Waals surface area contributed by atoms with Gasteiger partial charge in [-0.1, -0.05) is 12.1 Å². The molecule has 6 nitrogen and oxygen atoms in total. The van der Waals surface area contributed by atoms with Crippen LogP contribution in [0.5, 0.6) is 0 Å². The van der Waals surface area contributed by atoms with Gasteiger partial charge in [0.2, 0.25) is 11.7 Å². The van der Waals surface area contributed by atoms with Crippen LogP contribution in [0.2, 0.25) is 0 Å². The monoisotopic (exact) mass is 322 g/mol. The first-order valence-corrected chi connectivity index (χ1v) is 8.00. The molecule has 122 valence electrons. The average Bonchev–Trinajstić information content (AvgIpc) is 3.26. The second-order valence-corrected chi connectivity index (χ2v) is 6.03. The van der Waals surface area contributed by atoms with Gasteiger partial charge in [0.05, 0.1) is 18.2 Å². The van der Waals surface area contributed by atoms with Gasteiger partial charge in [-0.05, 0) is 31.0 Å². The van der Waals surface area contributed by atoms with Gasteiger partial charge in [-0.15, -0.1) is 0 Å². The van der Waals surface area contributed by atoms with Crippen LogP contribution >= 0.6 is 0 Å². The molecule has 1 saturated heterocycles. The van der Waals surface area contributed by atoms with Crippen LogP contribution in [0.15, 0.2) is 42.9 Å². The third-order valence-corrected chi connectivity index (χ3v) is 4.33. The van der Waals surface area contributed by atoms with Crippen molar-refractivity contribution in [1.29, 1.82) is 0 Å². The Morgan fingerprint density at radius 2 is 2.33 bits per heavy atom. The maximum absolute atomic E-state index is 12.3. The first kappa shape index (κ1) is 14.8. The van der Waals surface area contributed by atoms with E-state index in [2.05, 4.69) is 15.3 Å². The number of ether oxygens (including phenoxy) is 1. The molecule has 2 aromatic heterocycles. The van der Waals surface area contributed by atoms with E-state index >= 15 is 0 Å². The Labute approximate surface area is 139 Å². The highest BCUT2D eigenvalue weighted by molar-refractivity contribution is 5.94. The second kappa shape index (κ2) is 6.05. The molecule has 0 spiro atoms. The SMILES string of the molecule is Cc1ccc(-c2cn3cccnc3n2)cc1NC(=O)[C@H]1CCOC1. The van der Waals surface area contributed by atoms with Crippen molar-refractivity contribution in [3.63, 3.8) is 0 Å². The molecule has 4 rings (SSSR count). The summed E-state index contributed by atoms with van der Waals surface area (Å²) in [6.45, 7) is 3.14. The van der Waals surface area contributed by atoms with E-state index in [4.69, 9.17) is 4.74 Å². The number of hydrogen-bond donors (Lipinski definition) is 1. The summed E-state index contributed by atoms with van der Waals surface area (Å²) in [6.07, 6.45) is 6.35. The molecule has 1 aliphatic rings. The van der Waals surface area contributed by atoms with Crippen molar-refractivity contribution in [1.82, 2.24) is 14.4 Å². The van der Waals surface area contributed by atoms with Gasteiger partial charge in [0, 0.05) is 36.4 Å². The summed E-state index contributed by atoms with van der Waals surface area (Å²) < 4.78 is 7.17. The van der Waals surface area contributed by atoms with Gasteiger partial charge in [-0.25, -0.2) is 9.97 Å². The molecule has 1 atom stereocenters. The Morgan fingerprint density at radius 1 is 1.42 bits per heavy atom. The number of anilines is 1. The molecular formula is C18H18N4O2. The molecule has 1 fully saturated rings. The van der Waals surface area contributed by atoms with Gasteiger partial charge in [0.25, 0.3) is 0 Å². The van der Waals surface area contributed by atoms with Gasteiger partial charge in [-0.3, -0.25) is 9.20 Å². The Bertz CT molecular complexity index is 864. The number of hydrogen-bond acceptors (Lipinski definition) is 4. The molecule has 0 aliphatic carbocycles. The Balaban J connectivity index is 1.64. The normalized spacial score (nSPS) is 17.3. The van der Waals surface area contributed by atoms with Gasteiger partial charge in [-0.2, -0.15) is 0 Å². The highest BCUT2D eigenvalue weighted by atomic mass is 16.5. The Kier molecular flexibility index (Phi) is 3.74. The van der Waals surface area contributed by atoms with E-state index in [1.165, 1.54) is 0 Å². The number of amides is 1. The molecule has 24 heavy (non-hydrogen) atoms. The van der Waals surface area contributed by atoms with E-state index in [1.807, 2.05) is 48.0 Å². The lowest BCUT2D eigenvalue weighted by Crippen LogP contribution is -2.23. The molecule has 6 heteroatoms. The molecule has 1 aliphatic heterocycles. The molecule has 3 heterocycles. The van der Waals surface area contributed by atoms with E-state index in [0.717, 1.165) is 28.9 Å². The number of imidazole rings is 1. The van der Waals surface area contributed by atoms with Gasteiger partial charge in [0.1, 0.15) is 0 Å². The fraction of sp³-hybridized carbons (Fsp3) is 0.278. The summed E-state index contributed by atoms with van der Waals surface area (Å²) in [5, 5.41) is 3.03. The fourth-order valence-corrected chi connectivity index (χ4v) is 2.86. The van der Waals surface area contributed by atoms with Crippen LogP contribution < -0.4 is 5.32 Å². The van der Waals surface area contributed by atoms with Crippen LogP contribution in [0.4, 0.5) is 5.69 Å². The lowest BCUT2D eigenvalue weighted by atomic mass is 10.1. The maximum atomic E-state index is 12.3. The number of benzene rings is 1. The number of fused-ring (bicyclic) bond motifs is 1. The molecular weight excluding hydrogens is 304 g/mol. The molecule has 1 amide bonds. The van der Waals surface area contributed by atoms with Crippen molar-refractivity contribution in [3.8, 4) is 11.3 Å². The van der Waals surface area contributed by atoms with Crippen LogP contribution in [0.3, 0.4) is 0 Å². The maximum Gasteiger partial charge on any atom is 0.234 e. The first-order valence-electron chi connectivity index (χ1n) is 8.00. The van der Waals surface area contributed by atoms with Crippen molar-refractivity contribution in [2.45, 2.75) is 13.3 Å². The number of nitrogens with zero attached hydrogens (tertiary/aromatic N) is 3. The van der Waals surface area contributed by atoms with Crippen LogP contribution in [-0.4, -0.2) is 33.5 Å². The third-order valence-electron chi connectivity index (χ3n) is 4.33. The number of rotatable bonds is 3. The smallest absolute Gasteiger partial charge is 0.234 e. The van der Waals surface area contributed by atoms with E-state index in [-0.39, 0.29) is 11.8 Å². The largest absolute Gasteiger partial charge is 0.381 e. The first-order chi connectivity index (χ1) is 11.7. The quantitative estimate of drug-likeness (QED) is 0.805. The van der Waals surface area contributed by atoms with Crippen molar-refractivity contribution >= 4 is 17.4 Å². The van der Waals surface area contributed by atoms with Crippen molar-refractivity contribution < 1.29 is 9.53 Å². The van der Waals surface area contributed by atoms with Gasteiger partial charge >= 0.3 is 0 Å². The highest BCUT2D eigenvalue weighted by Crippen LogP contribution is 2.26. The predicted molar refractivity (Wildman–Crippen MR) is 90.7 cm³/mol. The number of nitrogens with one attached hydrogen (secondary N) is 1. The van der Waals surface area contributed by atoms with Gasteiger partial charge < -0.3 is 10.1 Å². The van der Waals surface area contributed by atoms with Crippen LogP contribution in [-0.2, 0) is 9.53 Å². The van der Waals surface area contributed by atoms with E-state index in [9.17, 15) is 4.79 Å². The molecule has 0 saturated carbocycles. The lowest BCUT2D eigenvalue weighted by molar-refractivity contribution is -0.119.